The van der Waals surface area contributed by atoms with Crippen LogP contribution in [0, 0.1) is 17.0 Å². The molecule has 0 N–H and O–H groups in total. The molecule has 3 heterocycles. The molecule has 31 heavy (non-hydrogen) atoms. The lowest BCUT2D eigenvalue weighted by Crippen LogP contribution is -2.37. The van der Waals surface area contributed by atoms with Crippen LogP contribution in [-0.2, 0) is 16.1 Å². The first-order valence-electron chi connectivity index (χ1n) is 9.69. The second-order valence-corrected chi connectivity index (χ2v) is 7.15. The third-order valence-corrected chi connectivity index (χ3v) is 4.97. The predicted octanol–water partition coefficient (Wildman–Crippen LogP) is 2.10. The molecule has 0 radical (unpaired) electrons. The largest absolute Gasteiger partial charge is 0.456 e. The van der Waals surface area contributed by atoms with Crippen molar-refractivity contribution in [1.82, 2.24) is 9.38 Å². The molecule has 160 valence electrons. The van der Waals surface area contributed by atoms with Crippen LogP contribution >= 0.6 is 0 Å². The number of esters is 1. The lowest BCUT2D eigenvalue weighted by molar-refractivity contribution is -0.384. The fourth-order valence-electron chi connectivity index (χ4n) is 3.43. The van der Waals surface area contributed by atoms with Crippen LogP contribution in [0.25, 0.3) is 5.65 Å². The van der Waals surface area contributed by atoms with E-state index in [4.69, 9.17) is 9.47 Å². The molecule has 10 nitrogen and oxygen atoms in total. The summed E-state index contributed by atoms with van der Waals surface area (Å²) < 4.78 is 12.1. The molecule has 0 atom stereocenters. The van der Waals surface area contributed by atoms with Crippen molar-refractivity contribution in [3.8, 4) is 0 Å². The summed E-state index contributed by atoms with van der Waals surface area (Å²) in [5, 5.41) is 11.2. The van der Waals surface area contributed by atoms with Crippen molar-refractivity contribution >= 4 is 23.0 Å². The zero-order valence-corrected chi connectivity index (χ0v) is 16.8. The summed E-state index contributed by atoms with van der Waals surface area (Å²) in [6.45, 7) is 3.74. The molecule has 0 aliphatic carbocycles. The predicted molar refractivity (Wildman–Crippen MR) is 111 cm³/mol. The summed E-state index contributed by atoms with van der Waals surface area (Å²) in [4.78, 5) is 42.1. The number of rotatable bonds is 5. The highest BCUT2D eigenvalue weighted by Gasteiger charge is 2.23. The molecule has 0 bridgehead atoms. The first-order valence-corrected chi connectivity index (χ1v) is 9.69. The number of pyridine rings is 1. The topological polar surface area (TPSA) is 116 Å². The average molecular weight is 424 g/mol. The molecule has 10 heteroatoms. The molecular formula is C21H20N4O6. The summed E-state index contributed by atoms with van der Waals surface area (Å²) in [5.41, 5.74) is 1.78. The number of hydrogen-bond donors (Lipinski definition) is 0. The molecule has 0 saturated carbocycles. The van der Waals surface area contributed by atoms with Crippen molar-refractivity contribution in [2.75, 3.05) is 31.2 Å². The Kier molecular flexibility index (Phi) is 5.63. The summed E-state index contributed by atoms with van der Waals surface area (Å²) in [6.07, 6.45) is 1.68. The summed E-state index contributed by atoms with van der Waals surface area (Å²) in [7, 11) is 0. The monoisotopic (exact) mass is 424 g/mol. The number of hydrogen-bond acceptors (Lipinski definition) is 8. The van der Waals surface area contributed by atoms with E-state index in [2.05, 4.69) is 4.98 Å². The number of non-ortho nitro benzene ring substituents is 1. The number of nitro benzene ring substituents is 1. The van der Waals surface area contributed by atoms with Crippen LogP contribution in [0.1, 0.15) is 21.6 Å². The molecule has 0 spiro atoms. The SMILES string of the molecule is Cc1ccc2nc(COC(=O)c3cc([N+](=O)[O-])ccc3N3CCOCC3)cc(=O)n2c1. The number of aryl methyl sites for hydroxylation is 1. The van der Waals surface area contributed by atoms with Gasteiger partial charge in [-0.3, -0.25) is 19.3 Å². The Labute approximate surface area is 176 Å². The molecule has 1 aliphatic rings. The van der Waals surface area contributed by atoms with Crippen LogP contribution in [0.4, 0.5) is 11.4 Å². The van der Waals surface area contributed by atoms with E-state index in [0.717, 1.165) is 5.56 Å². The van der Waals surface area contributed by atoms with Crippen LogP contribution in [0.3, 0.4) is 0 Å². The van der Waals surface area contributed by atoms with Crippen LogP contribution in [-0.4, -0.2) is 46.6 Å². The van der Waals surface area contributed by atoms with Gasteiger partial charge in [0.05, 0.1) is 35.1 Å². The van der Waals surface area contributed by atoms with Gasteiger partial charge in [-0.2, -0.15) is 0 Å². The summed E-state index contributed by atoms with van der Waals surface area (Å²) >= 11 is 0. The number of carbonyl (C=O) groups excluding carboxylic acids is 1. The average Bonchev–Trinajstić information content (AvgIpc) is 2.78. The zero-order valence-electron chi connectivity index (χ0n) is 16.8. The lowest BCUT2D eigenvalue weighted by Gasteiger charge is -2.30. The lowest BCUT2D eigenvalue weighted by atomic mass is 10.1. The van der Waals surface area contributed by atoms with Crippen molar-refractivity contribution < 1.29 is 19.2 Å². The van der Waals surface area contributed by atoms with Gasteiger partial charge >= 0.3 is 5.97 Å². The molecule has 1 aromatic carbocycles. The number of anilines is 1. The van der Waals surface area contributed by atoms with E-state index in [-0.39, 0.29) is 23.4 Å². The Morgan fingerprint density at radius 1 is 1.23 bits per heavy atom. The van der Waals surface area contributed by atoms with E-state index in [1.807, 2.05) is 17.9 Å². The molecule has 4 rings (SSSR count). The van der Waals surface area contributed by atoms with E-state index in [1.54, 1.807) is 18.3 Å². The molecule has 0 unspecified atom stereocenters. The standard InChI is InChI=1S/C21H20N4O6/c1-14-2-5-19-22-15(10-20(26)24(19)12-14)13-31-21(27)17-11-16(25(28)29)3-4-18(17)23-6-8-30-9-7-23/h2-5,10-12H,6-9,13H2,1H3. The number of morpholine rings is 1. The normalized spacial score (nSPS) is 13.9. The second kappa shape index (κ2) is 8.52. The highest BCUT2D eigenvalue weighted by Crippen LogP contribution is 2.27. The Balaban J connectivity index is 1.60. The number of benzene rings is 1. The van der Waals surface area contributed by atoms with Gasteiger partial charge in [-0.25, -0.2) is 9.78 Å². The summed E-state index contributed by atoms with van der Waals surface area (Å²) in [6, 6.07) is 8.95. The van der Waals surface area contributed by atoms with Crippen LogP contribution < -0.4 is 10.5 Å². The third-order valence-electron chi connectivity index (χ3n) is 4.97. The van der Waals surface area contributed by atoms with E-state index in [0.29, 0.717) is 43.3 Å². The molecule has 3 aromatic rings. The minimum atomic E-state index is -0.726. The Morgan fingerprint density at radius 2 is 2.00 bits per heavy atom. The van der Waals surface area contributed by atoms with Crippen molar-refractivity contribution in [2.24, 2.45) is 0 Å². The number of nitro groups is 1. The molecule has 1 aliphatic heterocycles. The fraction of sp³-hybridized carbons (Fsp3) is 0.286. The van der Waals surface area contributed by atoms with Gasteiger partial charge < -0.3 is 14.4 Å². The van der Waals surface area contributed by atoms with Crippen LogP contribution in [0.2, 0.25) is 0 Å². The van der Waals surface area contributed by atoms with Gasteiger partial charge in [0, 0.05) is 37.5 Å². The smallest absolute Gasteiger partial charge is 0.340 e. The highest BCUT2D eigenvalue weighted by molar-refractivity contribution is 5.96. The minimum Gasteiger partial charge on any atom is -0.456 e. The van der Waals surface area contributed by atoms with Crippen molar-refractivity contribution in [1.29, 1.82) is 0 Å². The molecule has 2 aromatic heterocycles. The number of aromatic nitrogens is 2. The Hall–Kier alpha value is -3.79. The van der Waals surface area contributed by atoms with Crippen molar-refractivity contribution in [3.05, 3.63) is 79.9 Å². The quantitative estimate of drug-likeness (QED) is 0.347. The first-order chi connectivity index (χ1) is 14.9. The van der Waals surface area contributed by atoms with Crippen molar-refractivity contribution in [2.45, 2.75) is 13.5 Å². The number of nitrogens with zero attached hydrogens (tertiary/aromatic N) is 4. The van der Waals surface area contributed by atoms with Gasteiger partial charge in [-0.1, -0.05) is 6.07 Å². The van der Waals surface area contributed by atoms with E-state index in [1.165, 1.54) is 22.6 Å². The van der Waals surface area contributed by atoms with Crippen LogP contribution in [0.15, 0.2) is 47.4 Å². The van der Waals surface area contributed by atoms with Crippen LogP contribution in [0.5, 0.6) is 0 Å². The number of fused-ring (bicyclic) bond motifs is 1. The van der Waals surface area contributed by atoms with Gasteiger partial charge in [-0.05, 0) is 24.6 Å². The maximum Gasteiger partial charge on any atom is 0.340 e. The minimum absolute atomic E-state index is 0.0873. The van der Waals surface area contributed by atoms with Gasteiger partial charge in [0.15, 0.2) is 0 Å². The number of carbonyl (C=O) groups is 1. The maximum absolute atomic E-state index is 12.8. The third kappa shape index (κ3) is 4.38. The van der Waals surface area contributed by atoms with E-state index < -0.39 is 10.9 Å². The van der Waals surface area contributed by atoms with Gasteiger partial charge in [-0.15, -0.1) is 0 Å². The highest BCUT2D eigenvalue weighted by atomic mass is 16.6. The Morgan fingerprint density at radius 3 is 2.74 bits per heavy atom. The Bertz CT molecular complexity index is 1220. The summed E-state index contributed by atoms with van der Waals surface area (Å²) in [5.74, 6) is -0.726. The fourth-order valence-corrected chi connectivity index (χ4v) is 3.43. The van der Waals surface area contributed by atoms with Gasteiger partial charge in [0.2, 0.25) is 0 Å². The van der Waals surface area contributed by atoms with Gasteiger partial charge in [0.25, 0.3) is 11.2 Å². The first kappa shape index (κ1) is 20.5. The molecule has 1 saturated heterocycles. The van der Waals surface area contributed by atoms with E-state index >= 15 is 0 Å². The van der Waals surface area contributed by atoms with Gasteiger partial charge in [0.1, 0.15) is 12.3 Å². The van der Waals surface area contributed by atoms with Crippen molar-refractivity contribution in [3.63, 3.8) is 0 Å². The van der Waals surface area contributed by atoms with E-state index in [9.17, 15) is 19.7 Å². The number of ether oxygens (including phenoxy) is 2. The molecule has 0 amide bonds. The second-order valence-electron chi connectivity index (χ2n) is 7.15. The maximum atomic E-state index is 12.8. The zero-order chi connectivity index (χ0) is 22.0. The molecular weight excluding hydrogens is 404 g/mol. The molecule has 1 fully saturated rings.